The molecule has 0 aliphatic heterocycles. The first kappa shape index (κ1) is 20.9. The summed E-state index contributed by atoms with van der Waals surface area (Å²) in [6.07, 6.45) is 0. The summed E-state index contributed by atoms with van der Waals surface area (Å²) >= 11 is 0. The minimum absolute atomic E-state index is 0.212. The number of methoxy groups -OCH3 is 1. The highest BCUT2D eigenvalue weighted by molar-refractivity contribution is 5.98. The lowest BCUT2D eigenvalue weighted by atomic mass is 10.0. The number of benzene rings is 2. The van der Waals surface area contributed by atoms with Gasteiger partial charge in [0.2, 0.25) is 0 Å². The molecular weight excluding hydrogens is 391 g/mol. The lowest BCUT2D eigenvalue weighted by Gasteiger charge is -2.13. The van der Waals surface area contributed by atoms with Gasteiger partial charge >= 0.3 is 11.9 Å². The molecule has 1 N–H and O–H groups in total. The van der Waals surface area contributed by atoms with Crippen LogP contribution in [0, 0.1) is 12.7 Å². The summed E-state index contributed by atoms with van der Waals surface area (Å²) in [6, 6.07) is 12.2. The van der Waals surface area contributed by atoms with E-state index in [1.165, 1.54) is 19.2 Å². The lowest BCUT2D eigenvalue weighted by molar-refractivity contribution is -0.143. The number of para-hydroxylation sites is 1. The van der Waals surface area contributed by atoms with E-state index in [2.05, 4.69) is 10.3 Å². The Labute approximate surface area is 171 Å². The van der Waals surface area contributed by atoms with E-state index >= 15 is 0 Å². The number of halogens is 1. The van der Waals surface area contributed by atoms with Gasteiger partial charge in [-0.3, -0.25) is 9.59 Å². The van der Waals surface area contributed by atoms with E-state index in [9.17, 15) is 18.8 Å². The van der Waals surface area contributed by atoms with Crippen molar-refractivity contribution in [2.24, 2.45) is 0 Å². The molecule has 0 spiro atoms. The summed E-state index contributed by atoms with van der Waals surface area (Å²) in [6.45, 7) is 1.11. The van der Waals surface area contributed by atoms with Crippen molar-refractivity contribution in [3.8, 4) is 0 Å². The van der Waals surface area contributed by atoms with Gasteiger partial charge in [-0.2, -0.15) is 0 Å². The third-order valence-electron chi connectivity index (χ3n) is 4.49. The van der Waals surface area contributed by atoms with Crippen molar-refractivity contribution in [1.29, 1.82) is 0 Å². The molecule has 0 atom stereocenters. The van der Waals surface area contributed by atoms with Crippen molar-refractivity contribution < 1.29 is 28.2 Å². The molecule has 7 nitrogen and oxygen atoms in total. The fourth-order valence-electron chi connectivity index (χ4n) is 2.97. The number of aromatic nitrogens is 1. The van der Waals surface area contributed by atoms with Crippen LogP contribution in [-0.2, 0) is 20.9 Å². The number of amides is 1. The van der Waals surface area contributed by atoms with E-state index in [4.69, 9.17) is 9.47 Å². The van der Waals surface area contributed by atoms with Gasteiger partial charge in [0.05, 0.1) is 23.9 Å². The number of nitrogens with zero attached hydrogens (tertiary/aromatic N) is 1. The molecule has 0 radical (unpaired) electrons. The Kier molecular flexibility index (Phi) is 6.36. The SMILES string of the molecule is COC(=O)c1c(COC(=O)CNC(=O)c2ccc(F)cc2)nc2ccccc2c1C. The van der Waals surface area contributed by atoms with Crippen molar-refractivity contribution in [1.82, 2.24) is 10.3 Å². The monoisotopic (exact) mass is 410 g/mol. The number of carbonyl (C=O) groups is 3. The predicted molar refractivity (Wildman–Crippen MR) is 106 cm³/mol. The van der Waals surface area contributed by atoms with E-state index < -0.39 is 30.2 Å². The van der Waals surface area contributed by atoms with Gasteiger partial charge in [0.15, 0.2) is 0 Å². The number of hydrogen-bond donors (Lipinski definition) is 1. The molecule has 0 saturated heterocycles. The minimum Gasteiger partial charge on any atom is -0.465 e. The number of nitrogens with one attached hydrogen (secondary N) is 1. The fraction of sp³-hybridized carbons (Fsp3) is 0.182. The predicted octanol–water partition coefficient (Wildman–Crippen LogP) is 2.94. The Balaban J connectivity index is 1.70. The topological polar surface area (TPSA) is 94.6 Å². The molecule has 1 amide bonds. The summed E-state index contributed by atoms with van der Waals surface area (Å²) in [5.41, 5.74) is 2.03. The maximum Gasteiger partial charge on any atom is 0.340 e. The average Bonchev–Trinajstić information content (AvgIpc) is 2.76. The summed E-state index contributed by atoms with van der Waals surface area (Å²) in [5, 5.41) is 3.19. The van der Waals surface area contributed by atoms with Crippen LogP contribution in [0.1, 0.15) is 32.0 Å². The van der Waals surface area contributed by atoms with E-state index in [-0.39, 0.29) is 23.4 Å². The van der Waals surface area contributed by atoms with Crippen molar-refractivity contribution in [3.63, 3.8) is 0 Å². The zero-order valence-electron chi connectivity index (χ0n) is 16.4. The van der Waals surface area contributed by atoms with Crippen molar-refractivity contribution in [3.05, 3.63) is 76.7 Å². The summed E-state index contributed by atoms with van der Waals surface area (Å²) in [5.74, 6) is -2.30. The Morgan fingerprint density at radius 1 is 1.07 bits per heavy atom. The molecule has 154 valence electrons. The highest BCUT2D eigenvalue weighted by atomic mass is 19.1. The Morgan fingerprint density at radius 2 is 1.77 bits per heavy atom. The molecule has 1 heterocycles. The van der Waals surface area contributed by atoms with Crippen molar-refractivity contribution >= 4 is 28.7 Å². The highest BCUT2D eigenvalue weighted by Gasteiger charge is 2.20. The fourth-order valence-corrected chi connectivity index (χ4v) is 2.97. The largest absolute Gasteiger partial charge is 0.465 e. The molecule has 1 aromatic heterocycles. The Morgan fingerprint density at radius 3 is 2.47 bits per heavy atom. The van der Waals surface area contributed by atoms with Gasteiger partial charge in [-0.15, -0.1) is 0 Å². The van der Waals surface area contributed by atoms with Gasteiger partial charge in [-0.05, 0) is 42.8 Å². The van der Waals surface area contributed by atoms with Crippen LogP contribution in [0.2, 0.25) is 0 Å². The Bertz CT molecular complexity index is 1110. The number of aryl methyl sites for hydroxylation is 1. The summed E-state index contributed by atoms with van der Waals surface area (Å²) in [7, 11) is 1.26. The van der Waals surface area contributed by atoms with Crippen LogP contribution in [0.5, 0.6) is 0 Å². The first-order chi connectivity index (χ1) is 14.4. The van der Waals surface area contributed by atoms with Gasteiger partial charge in [-0.1, -0.05) is 18.2 Å². The standard InChI is InChI=1S/C22H19FN2O5/c1-13-16-5-3-4-6-17(16)25-18(20(13)22(28)29-2)12-30-19(26)11-24-21(27)14-7-9-15(23)10-8-14/h3-10H,11-12H2,1-2H3,(H,24,27). The molecule has 0 unspecified atom stereocenters. The highest BCUT2D eigenvalue weighted by Crippen LogP contribution is 2.24. The van der Waals surface area contributed by atoms with Crippen LogP contribution in [0.25, 0.3) is 10.9 Å². The zero-order valence-corrected chi connectivity index (χ0v) is 16.4. The minimum atomic E-state index is -0.714. The molecule has 0 aliphatic carbocycles. The molecule has 8 heteroatoms. The van der Waals surface area contributed by atoms with Gasteiger partial charge in [0.1, 0.15) is 19.0 Å². The van der Waals surface area contributed by atoms with Gasteiger partial charge in [0, 0.05) is 10.9 Å². The van der Waals surface area contributed by atoms with Crippen LogP contribution in [0.4, 0.5) is 4.39 Å². The number of rotatable bonds is 6. The second kappa shape index (κ2) is 9.13. The number of esters is 2. The first-order valence-electron chi connectivity index (χ1n) is 9.06. The first-order valence-corrected chi connectivity index (χ1v) is 9.06. The molecule has 2 aromatic carbocycles. The summed E-state index contributed by atoms with van der Waals surface area (Å²) in [4.78, 5) is 40.7. The quantitative estimate of drug-likeness (QED) is 0.628. The number of pyridine rings is 1. The van der Waals surface area contributed by atoms with Crippen LogP contribution >= 0.6 is 0 Å². The van der Waals surface area contributed by atoms with Crippen molar-refractivity contribution in [2.45, 2.75) is 13.5 Å². The van der Waals surface area contributed by atoms with E-state index in [0.29, 0.717) is 11.1 Å². The van der Waals surface area contributed by atoms with Gasteiger partial charge in [-0.25, -0.2) is 14.2 Å². The molecule has 0 fully saturated rings. The van der Waals surface area contributed by atoms with Crippen LogP contribution < -0.4 is 5.32 Å². The van der Waals surface area contributed by atoms with Crippen molar-refractivity contribution in [2.75, 3.05) is 13.7 Å². The Hall–Kier alpha value is -3.81. The third-order valence-corrected chi connectivity index (χ3v) is 4.49. The lowest BCUT2D eigenvalue weighted by Crippen LogP contribution is -2.30. The van der Waals surface area contributed by atoms with Gasteiger partial charge in [0.25, 0.3) is 5.91 Å². The maximum absolute atomic E-state index is 12.9. The van der Waals surface area contributed by atoms with Gasteiger partial charge < -0.3 is 14.8 Å². The smallest absolute Gasteiger partial charge is 0.340 e. The van der Waals surface area contributed by atoms with Crippen LogP contribution in [0.15, 0.2) is 48.5 Å². The number of ether oxygens (including phenoxy) is 2. The number of carbonyl (C=O) groups excluding carboxylic acids is 3. The number of hydrogen-bond acceptors (Lipinski definition) is 6. The van der Waals surface area contributed by atoms with E-state index in [0.717, 1.165) is 17.5 Å². The normalized spacial score (nSPS) is 10.5. The average molecular weight is 410 g/mol. The molecule has 3 aromatic rings. The molecule has 0 saturated carbocycles. The number of fused-ring (bicyclic) bond motifs is 1. The van der Waals surface area contributed by atoms with Crippen LogP contribution in [-0.4, -0.2) is 36.5 Å². The second-order valence-electron chi connectivity index (χ2n) is 6.42. The van der Waals surface area contributed by atoms with E-state index in [1.807, 2.05) is 18.2 Å². The molecular formula is C22H19FN2O5. The zero-order chi connectivity index (χ0) is 21.7. The molecule has 0 aliphatic rings. The van der Waals surface area contributed by atoms with Crippen LogP contribution in [0.3, 0.4) is 0 Å². The second-order valence-corrected chi connectivity index (χ2v) is 6.42. The maximum atomic E-state index is 12.9. The summed E-state index contributed by atoms with van der Waals surface area (Å²) < 4.78 is 23.0. The van der Waals surface area contributed by atoms with E-state index in [1.54, 1.807) is 13.0 Å². The molecule has 0 bridgehead atoms. The molecule has 3 rings (SSSR count). The third kappa shape index (κ3) is 4.60. The molecule has 30 heavy (non-hydrogen) atoms.